The van der Waals surface area contributed by atoms with Crippen LogP contribution in [0.4, 0.5) is 16.2 Å². The molecule has 0 atom stereocenters. The van der Waals surface area contributed by atoms with Crippen molar-refractivity contribution in [2.24, 2.45) is 0 Å². The maximum Gasteiger partial charge on any atom is 0.319 e. The fourth-order valence-corrected chi connectivity index (χ4v) is 2.54. The molecule has 24 heavy (non-hydrogen) atoms. The Morgan fingerprint density at radius 3 is 2.71 bits per heavy atom. The Labute approximate surface area is 139 Å². The number of benzene rings is 1. The van der Waals surface area contributed by atoms with Crippen molar-refractivity contribution in [2.45, 2.75) is 18.9 Å². The molecule has 2 rings (SSSR count). The molecule has 1 saturated heterocycles. The maximum atomic E-state index is 12.0. The first-order valence-corrected chi connectivity index (χ1v) is 7.58. The topological polar surface area (TPSA) is 114 Å². The lowest BCUT2D eigenvalue weighted by molar-refractivity contribution is -0.384. The van der Waals surface area contributed by atoms with Crippen LogP contribution in [-0.4, -0.2) is 54.6 Å². The number of amides is 3. The van der Waals surface area contributed by atoms with Crippen LogP contribution in [-0.2, 0) is 9.53 Å². The minimum Gasteiger partial charge on any atom is -0.375 e. The molecule has 0 spiro atoms. The van der Waals surface area contributed by atoms with Gasteiger partial charge in [-0.2, -0.15) is 0 Å². The van der Waals surface area contributed by atoms with Gasteiger partial charge in [-0.1, -0.05) is 6.07 Å². The van der Waals surface area contributed by atoms with E-state index in [4.69, 9.17) is 4.74 Å². The summed E-state index contributed by atoms with van der Waals surface area (Å²) in [6.45, 7) is 1.18. The van der Waals surface area contributed by atoms with E-state index < -0.39 is 11.0 Å². The molecule has 0 bridgehead atoms. The van der Waals surface area contributed by atoms with Crippen molar-refractivity contribution in [3.63, 3.8) is 0 Å². The van der Waals surface area contributed by atoms with Gasteiger partial charge in [-0.3, -0.25) is 14.9 Å². The molecule has 0 saturated carbocycles. The maximum absolute atomic E-state index is 12.0. The van der Waals surface area contributed by atoms with E-state index in [-0.39, 0.29) is 24.2 Å². The Morgan fingerprint density at radius 1 is 1.38 bits per heavy atom. The fourth-order valence-electron chi connectivity index (χ4n) is 2.54. The van der Waals surface area contributed by atoms with Gasteiger partial charge in [0.05, 0.1) is 4.92 Å². The highest BCUT2D eigenvalue weighted by Crippen LogP contribution is 2.17. The molecule has 9 nitrogen and oxygen atoms in total. The molecule has 130 valence electrons. The zero-order valence-electron chi connectivity index (χ0n) is 13.4. The number of anilines is 1. The SMILES string of the molecule is COCC(=O)N1CCC(NC(=O)Nc2cccc([N+](=O)[O-])c2)CC1. The molecule has 1 aromatic carbocycles. The highest BCUT2D eigenvalue weighted by molar-refractivity contribution is 5.89. The van der Waals surface area contributed by atoms with Crippen LogP contribution in [0.2, 0.25) is 0 Å². The monoisotopic (exact) mass is 336 g/mol. The number of nitro benzene ring substituents is 1. The summed E-state index contributed by atoms with van der Waals surface area (Å²) < 4.78 is 4.82. The van der Waals surface area contributed by atoms with Crippen LogP contribution in [0.5, 0.6) is 0 Å². The van der Waals surface area contributed by atoms with E-state index in [1.807, 2.05) is 0 Å². The first kappa shape index (κ1) is 17.7. The number of nitrogens with zero attached hydrogens (tertiary/aromatic N) is 2. The fraction of sp³-hybridized carbons (Fsp3) is 0.467. The number of piperidine rings is 1. The molecular formula is C15H20N4O5. The van der Waals surface area contributed by atoms with E-state index in [2.05, 4.69) is 10.6 Å². The summed E-state index contributed by atoms with van der Waals surface area (Å²) >= 11 is 0. The number of rotatable bonds is 5. The van der Waals surface area contributed by atoms with E-state index >= 15 is 0 Å². The number of carbonyl (C=O) groups is 2. The van der Waals surface area contributed by atoms with Crippen molar-refractivity contribution in [1.82, 2.24) is 10.2 Å². The first-order chi connectivity index (χ1) is 11.5. The van der Waals surface area contributed by atoms with E-state index in [1.54, 1.807) is 11.0 Å². The predicted molar refractivity (Wildman–Crippen MR) is 86.7 cm³/mol. The Bertz CT molecular complexity index is 614. The van der Waals surface area contributed by atoms with Crippen molar-refractivity contribution in [3.8, 4) is 0 Å². The Balaban J connectivity index is 1.80. The van der Waals surface area contributed by atoms with Crippen molar-refractivity contribution in [1.29, 1.82) is 0 Å². The second-order valence-electron chi connectivity index (χ2n) is 5.49. The molecule has 0 radical (unpaired) electrons. The lowest BCUT2D eigenvalue weighted by Crippen LogP contribution is -2.48. The molecule has 0 unspecified atom stereocenters. The number of non-ortho nitro benzene ring substituents is 1. The summed E-state index contributed by atoms with van der Waals surface area (Å²) in [5.74, 6) is -0.0583. The van der Waals surface area contributed by atoms with E-state index in [1.165, 1.54) is 25.3 Å². The molecular weight excluding hydrogens is 316 g/mol. The predicted octanol–water partition coefficient (Wildman–Crippen LogP) is 1.35. The molecule has 0 aromatic heterocycles. The number of likely N-dealkylation sites (tertiary alicyclic amines) is 1. The number of ether oxygens (including phenoxy) is 1. The van der Waals surface area contributed by atoms with Gasteiger partial charge in [-0.15, -0.1) is 0 Å². The number of methoxy groups -OCH3 is 1. The number of nitrogens with one attached hydrogen (secondary N) is 2. The van der Waals surface area contributed by atoms with Gasteiger partial charge in [0.15, 0.2) is 0 Å². The summed E-state index contributed by atoms with van der Waals surface area (Å²) in [7, 11) is 1.48. The van der Waals surface area contributed by atoms with Crippen molar-refractivity contribution >= 4 is 23.3 Å². The van der Waals surface area contributed by atoms with Crippen LogP contribution in [0, 0.1) is 10.1 Å². The molecule has 1 aromatic rings. The van der Waals surface area contributed by atoms with Crippen LogP contribution in [0.1, 0.15) is 12.8 Å². The standard InChI is InChI=1S/C15H20N4O5/c1-24-10-14(20)18-7-5-11(6-8-18)16-15(21)17-12-3-2-4-13(9-12)19(22)23/h2-4,9,11H,5-8,10H2,1H3,(H2,16,17,21). The normalized spacial score (nSPS) is 15.0. The third-order valence-electron chi connectivity index (χ3n) is 3.77. The summed E-state index contributed by atoms with van der Waals surface area (Å²) in [5.41, 5.74) is 0.271. The van der Waals surface area contributed by atoms with E-state index in [0.717, 1.165) is 0 Å². The smallest absolute Gasteiger partial charge is 0.319 e. The second-order valence-corrected chi connectivity index (χ2v) is 5.49. The quantitative estimate of drug-likeness (QED) is 0.622. The van der Waals surface area contributed by atoms with Gasteiger partial charge in [0.25, 0.3) is 5.69 Å². The number of nitro groups is 1. The largest absolute Gasteiger partial charge is 0.375 e. The zero-order chi connectivity index (χ0) is 17.5. The summed E-state index contributed by atoms with van der Waals surface area (Å²) in [4.78, 5) is 35.6. The molecule has 2 N–H and O–H groups in total. The van der Waals surface area contributed by atoms with E-state index in [9.17, 15) is 19.7 Å². The molecule has 1 aliphatic heterocycles. The van der Waals surface area contributed by atoms with Gasteiger partial charge in [-0.25, -0.2) is 4.79 Å². The number of carbonyl (C=O) groups excluding carboxylic acids is 2. The third-order valence-corrected chi connectivity index (χ3v) is 3.77. The average molecular weight is 336 g/mol. The second kappa shape index (κ2) is 8.25. The highest BCUT2D eigenvalue weighted by atomic mass is 16.6. The van der Waals surface area contributed by atoms with Crippen molar-refractivity contribution < 1.29 is 19.2 Å². The number of hydrogen-bond donors (Lipinski definition) is 2. The lowest BCUT2D eigenvalue weighted by atomic mass is 10.1. The molecule has 1 fully saturated rings. The molecule has 1 heterocycles. The summed E-state index contributed by atoms with van der Waals surface area (Å²) in [6.07, 6.45) is 1.30. The van der Waals surface area contributed by atoms with E-state index in [0.29, 0.717) is 31.6 Å². The Hall–Kier alpha value is -2.68. The third kappa shape index (κ3) is 4.92. The van der Waals surface area contributed by atoms with Gasteiger partial charge < -0.3 is 20.3 Å². The van der Waals surface area contributed by atoms with Gasteiger partial charge in [-0.05, 0) is 18.9 Å². The Morgan fingerprint density at radius 2 is 2.08 bits per heavy atom. The van der Waals surface area contributed by atoms with Crippen molar-refractivity contribution in [2.75, 3.05) is 32.1 Å². The summed E-state index contributed by atoms with van der Waals surface area (Å²) in [6, 6.07) is 5.28. The average Bonchev–Trinajstić information content (AvgIpc) is 2.55. The Kier molecular flexibility index (Phi) is 6.07. The van der Waals surface area contributed by atoms with Crippen LogP contribution in [0.3, 0.4) is 0 Å². The lowest BCUT2D eigenvalue weighted by Gasteiger charge is -2.32. The van der Waals surface area contributed by atoms with Gasteiger partial charge >= 0.3 is 6.03 Å². The van der Waals surface area contributed by atoms with Gasteiger partial charge in [0.1, 0.15) is 6.61 Å². The minimum absolute atomic E-state index is 0.0460. The zero-order valence-corrected chi connectivity index (χ0v) is 13.4. The van der Waals surface area contributed by atoms with Crippen molar-refractivity contribution in [3.05, 3.63) is 34.4 Å². The minimum atomic E-state index is -0.518. The van der Waals surface area contributed by atoms with Crippen LogP contribution >= 0.6 is 0 Å². The van der Waals surface area contributed by atoms with Gasteiger partial charge in [0.2, 0.25) is 5.91 Å². The highest BCUT2D eigenvalue weighted by Gasteiger charge is 2.23. The first-order valence-electron chi connectivity index (χ1n) is 7.58. The molecule has 1 aliphatic rings. The number of hydrogen-bond acceptors (Lipinski definition) is 5. The molecule has 0 aliphatic carbocycles. The van der Waals surface area contributed by atoms with Crippen LogP contribution in [0.25, 0.3) is 0 Å². The molecule has 9 heteroatoms. The van der Waals surface area contributed by atoms with Crippen LogP contribution < -0.4 is 10.6 Å². The molecule has 3 amide bonds. The number of urea groups is 1. The summed E-state index contributed by atoms with van der Waals surface area (Å²) in [5, 5.41) is 16.1. The van der Waals surface area contributed by atoms with Crippen LogP contribution in [0.15, 0.2) is 24.3 Å². The van der Waals surface area contributed by atoms with Gasteiger partial charge in [0, 0.05) is 44.1 Å².